The van der Waals surface area contributed by atoms with Crippen LogP contribution in [0.15, 0.2) is 65.5 Å². The van der Waals surface area contributed by atoms with Crippen LogP contribution < -0.4 is 5.32 Å². The zero-order chi connectivity index (χ0) is 18.5. The summed E-state index contributed by atoms with van der Waals surface area (Å²) < 4.78 is 1.93. The summed E-state index contributed by atoms with van der Waals surface area (Å²) in [7, 11) is 0. The van der Waals surface area contributed by atoms with Gasteiger partial charge in [-0.05, 0) is 24.3 Å². The Morgan fingerprint density at radius 3 is 2.63 bits per heavy atom. The molecule has 1 aromatic carbocycles. The zero-order valence-electron chi connectivity index (χ0n) is 13.9. The van der Waals surface area contributed by atoms with Gasteiger partial charge in [-0.2, -0.15) is 0 Å². The summed E-state index contributed by atoms with van der Waals surface area (Å²) >= 11 is 2.58. The van der Waals surface area contributed by atoms with Crippen LogP contribution in [0.1, 0.15) is 0 Å². The second-order valence-electron chi connectivity index (χ2n) is 5.29. The summed E-state index contributed by atoms with van der Waals surface area (Å²) in [6.45, 7) is 0. The molecule has 27 heavy (non-hydrogen) atoms. The number of thioether (sulfide) groups is 1. The molecule has 0 aliphatic rings. The summed E-state index contributed by atoms with van der Waals surface area (Å²) in [4.78, 5) is 16.2. The summed E-state index contributed by atoms with van der Waals surface area (Å²) in [6.07, 6.45) is 3.42. The molecule has 8 nitrogen and oxygen atoms in total. The Balaban J connectivity index is 1.61. The Hall–Kier alpha value is -3.11. The molecule has 0 saturated carbocycles. The van der Waals surface area contributed by atoms with Gasteiger partial charge in [0.25, 0.3) is 0 Å². The number of aromatic nitrogens is 6. The van der Waals surface area contributed by atoms with Crippen LogP contribution in [0.5, 0.6) is 0 Å². The number of benzene rings is 1. The first-order valence-corrected chi connectivity index (χ1v) is 9.78. The maximum absolute atomic E-state index is 12.1. The van der Waals surface area contributed by atoms with Gasteiger partial charge < -0.3 is 0 Å². The fraction of sp³-hybridized carbons (Fsp3) is 0.0588. The minimum atomic E-state index is -0.176. The third-order valence-electron chi connectivity index (χ3n) is 3.53. The maximum Gasteiger partial charge on any atom is 0.236 e. The number of anilines is 1. The number of carbonyl (C=O) groups is 1. The number of carbonyl (C=O) groups excluding carboxylic acids is 1. The van der Waals surface area contributed by atoms with Crippen LogP contribution in [0.3, 0.4) is 0 Å². The van der Waals surface area contributed by atoms with Gasteiger partial charge in [-0.25, -0.2) is 0 Å². The van der Waals surface area contributed by atoms with Crippen LogP contribution in [0, 0.1) is 0 Å². The van der Waals surface area contributed by atoms with Crippen LogP contribution >= 0.6 is 23.1 Å². The second-order valence-corrected chi connectivity index (χ2v) is 7.07. The first-order valence-electron chi connectivity index (χ1n) is 7.91. The molecule has 0 radical (unpaired) electrons. The average Bonchev–Trinajstić information content (AvgIpc) is 3.37. The molecule has 0 fully saturated rings. The fourth-order valence-corrected chi connectivity index (χ4v) is 3.59. The van der Waals surface area contributed by atoms with E-state index in [1.54, 1.807) is 17.9 Å². The Morgan fingerprint density at radius 2 is 1.89 bits per heavy atom. The largest absolute Gasteiger partial charge is 0.300 e. The molecular weight excluding hydrogens is 382 g/mol. The minimum Gasteiger partial charge on any atom is -0.300 e. The zero-order valence-corrected chi connectivity index (χ0v) is 15.5. The SMILES string of the molecule is O=C(CSc1nnc(-c2ccncc2)n1-c1ccccc1)Nc1nncs1. The van der Waals surface area contributed by atoms with Crippen LogP contribution in [0.2, 0.25) is 0 Å². The van der Waals surface area contributed by atoms with Crippen molar-refractivity contribution in [2.45, 2.75) is 5.16 Å². The molecule has 0 spiro atoms. The molecule has 4 rings (SSSR count). The molecule has 0 saturated heterocycles. The van der Waals surface area contributed by atoms with Crippen molar-refractivity contribution in [3.05, 3.63) is 60.4 Å². The summed E-state index contributed by atoms with van der Waals surface area (Å²) in [5.74, 6) is 0.696. The number of nitrogens with one attached hydrogen (secondary N) is 1. The molecule has 4 aromatic rings. The smallest absolute Gasteiger partial charge is 0.236 e. The Morgan fingerprint density at radius 1 is 1.07 bits per heavy atom. The fourth-order valence-electron chi connectivity index (χ4n) is 2.37. The van der Waals surface area contributed by atoms with Crippen LogP contribution in [-0.4, -0.2) is 41.6 Å². The molecule has 10 heteroatoms. The molecule has 0 atom stereocenters. The number of pyridine rings is 1. The topological polar surface area (TPSA) is 98.5 Å². The van der Waals surface area contributed by atoms with Gasteiger partial charge in [0.1, 0.15) is 5.51 Å². The highest BCUT2D eigenvalue weighted by molar-refractivity contribution is 7.99. The van der Waals surface area contributed by atoms with Crippen molar-refractivity contribution in [3.8, 4) is 17.1 Å². The molecule has 1 amide bonds. The second kappa shape index (κ2) is 8.06. The van der Waals surface area contributed by atoms with Crippen molar-refractivity contribution in [1.29, 1.82) is 0 Å². The van der Waals surface area contributed by atoms with Gasteiger partial charge >= 0.3 is 0 Å². The lowest BCUT2D eigenvalue weighted by Crippen LogP contribution is -2.14. The van der Waals surface area contributed by atoms with E-state index in [2.05, 4.69) is 30.7 Å². The van der Waals surface area contributed by atoms with Crippen molar-refractivity contribution in [2.24, 2.45) is 0 Å². The highest BCUT2D eigenvalue weighted by atomic mass is 32.2. The first kappa shape index (κ1) is 17.3. The first-order chi connectivity index (χ1) is 13.3. The van der Waals surface area contributed by atoms with E-state index < -0.39 is 0 Å². The van der Waals surface area contributed by atoms with E-state index in [0.29, 0.717) is 16.1 Å². The number of rotatable bonds is 6. The number of nitrogens with zero attached hydrogens (tertiary/aromatic N) is 6. The Kier molecular flexibility index (Phi) is 5.17. The standard InChI is InChI=1S/C17H13N7OS2/c25-14(20-16-22-19-11-27-16)10-26-17-23-21-15(12-6-8-18-9-7-12)24(17)13-4-2-1-3-5-13/h1-9,11H,10H2,(H,20,22,25). The molecular formula is C17H13N7OS2. The van der Waals surface area contributed by atoms with Gasteiger partial charge in [-0.1, -0.05) is 41.3 Å². The van der Waals surface area contributed by atoms with E-state index >= 15 is 0 Å². The van der Waals surface area contributed by atoms with Crippen molar-refractivity contribution >= 4 is 34.1 Å². The average molecular weight is 395 g/mol. The number of hydrogen-bond donors (Lipinski definition) is 1. The predicted molar refractivity (Wildman–Crippen MR) is 104 cm³/mol. The van der Waals surface area contributed by atoms with E-state index in [1.807, 2.05) is 47.0 Å². The van der Waals surface area contributed by atoms with E-state index in [1.165, 1.54) is 23.1 Å². The van der Waals surface area contributed by atoms with Gasteiger partial charge in [-0.3, -0.25) is 19.7 Å². The molecule has 134 valence electrons. The molecule has 0 aliphatic heterocycles. The van der Waals surface area contributed by atoms with Crippen molar-refractivity contribution in [3.63, 3.8) is 0 Å². The monoisotopic (exact) mass is 395 g/mol. The Labute approximate surface area is 162 Å². The van der Waals surface area contributed by atoms with Gasteiger partial charge in [-0.15, -0.1) is 20.4 Å². The number of para-hydroxylation sites is 1. The lowest BCUT2D eigenvalue weighted by Gasteiger charge is -2.10. The van der Waals surface area contributed by atoms with Gasteiger partial charge in [0, 0.05) is 23.6 Å². The summed E-state index contributed by atoms with van der Waals surface area (Å²) in [5.41, 5.74) is 3.38. The van der Waals surface area contributed by atoms with Crippen molar-refractivity contribution in [2.75, 3.05) is 11.1 Å². The van der Waals surface area contributed by atoms with E-state index in [0.717, 1.165) is 11.3 Å². The Bertz CT molecular complexity index is 1020. The van der Waals surface area contributed by atoms with E-state index in [9.17, 15) is 4.79 Å². The van der Waals surface area contributed by atoms with Gasteiger partial charge in [0.15, 0.2) is 11.0 Å². The normalized spacial score (nSPS) is 10.7. The summed E-state index contributed by atoms with van der Waals surface area (Å²) in [6, 6.07) is 13.5. The van der Waals surface area contributed by atoms with Crippen LogP contribution in [-0.2, 0) is 4.79 Å². The van der Waals surface area contributed by atoms with E-state index in [-0.39, 0.29) is 11.7 Å². The van der Waals surface area contributed by atoms with Crippen molar-refractivity contribution in [1.82, 2.24) is 29.9 Å². The molecule has 1 N–H and O–H groups in total. The predicted octanol–water partition coefficient (Wildman–Crippen LogP) is 2.91. The van der Waals surface area contributed by atoms with Crippen LogP contribution in [0.25, 0.3) is 17.1 Å². The molecule has 3 heterocycles. The van der Waals surface area contributed by atoms with E-state index in [4.69, 9.17) is 0 Å². The molecule has 0 aliphatic carbocycles. The quantitative estimate of drug-likeness (QED) is 0.501. The van der Waals surface area contributed by atoms with Gasteiger partial charge in [0.2, 0.25) is 11.0 Å². The van der Waals surface area contributed by atoms with Crippen molar-refractivity contribution < 1.29 is 4.79 Å². The number of hydrogen-bond acceptors (Lipinski definition) is 8. The molecule has 3 aromatic heterocycles. The third kappa shape index (κ3) is 4.01. The summed E-state index contributed by atoms with van der Waals surface area (Å²) in [5, 5.41) is 19.9. The third-order valence-corrected chi connectivity index (χ3v) is 5.06. The number of amides is 1. The highest BCUT2D eigenvalue weighted by Gasteiger charge is 2.17. The van der Waals surface area contributed by atoms with Crippen LogP contribution in [0.4, 0.5) is 5.13 Å². The molecule has 0 unspecified atom stereocenters. The lowest BCUT2D eigenvalue weighted by molar-refractivity contribution is -0.113. The lowest BCUT2D eigenvalue weighted by atomic mass is 10.2. The highest BCUT2D eigenvalue weighted by Crippen LogP contribution is 2.27. The van der Waals surface area contributed by atoms with Gasteiger partial charge in [0.05, 0.1) is 5.75 Å². The molecule has 0 bridgehead atoms. The maximum atomic E-state index is 12.1. The minimum absolute atomic E-state index is 0.176.